The Kier molecular flexibility index (Phi) is 5.76. The highest BCUT2D eigenvalue weighted by atomic mass is 35.5. The van der Waals surface area contributed by atoms with E-state index in [1.165, 1.54) is 17.0 Å². The van der Waals surface area contributed by atoms with Gasteiger partial charge >= 0.3 is 5.92 Å². The van der Waals surface area contributed by atoms with Crippen molar-refractivity contribution in [3.63, 3.8) is 0 Å². The Morgan fingerprint density at radius 3 is 2.72 bits per heavy atom. The number of nitrogens with zero attached hydrogens (tertiary/aromatic N) is 1. The average Bonchev–Trinajstić information content (AvgIpc) is 3.25. The number of alkyl halides is 2. The van der Waals surface area contributed by atoms with Crippen LogP contribution in [0, 0.1) is 6.92 Å². The van der Waals surface area contributed by atoms with Gasteiger partial charge in [0.15, 0.2) is 0 Å². The molecule has 4 rings (SSSR count). The largest absolute Gasteiger partial charge is 0.351 e. The smallest absolute Gasteiger partial charge is 0.346 e. The maximum absolute atomic E-state index is 14.6. The lowest BCUT2D eigenvalue weighted by Crippen LogP contribution is -2.52. The molecular weight excluding hydrogens is 464 g/mol. The number of amides is 4. The molecule has 1 atom stereocenters. The normalized spacial score (nSPS) is 18.6. The summed E-state index contributed by atoms with van der Waals surface area (Å²) in [6.45, 7) is 1.70. The van der Waals surface area contributed by atoms with E-state index in [2.05, 4.69) is 10.6 Å². The number of aryl methyl sites for hydroxylation is 1. The minimum absolute atomic E-state index is 0.157. The van der Waals surface area contributed by atoms with Crippen molar-refractivity contribution in [2.75, 3.05) is 0 Å². The summed E-state index contributed by atoms with van der Waals surface area (Å²) in [5.41, 5.74) is 0.771. The molecule has 3 heterocycles. The second-order valence-electron chi connectivity index (χ2n) is 7.71. The molecule has 7 nitrogen and oxygen atoms in total. The van der Waals surface area contributed by atoms with E-state index < -0.39 is 29.3 Å². The van der Waals surface area contributed by atoms with Crippen molar-refractivity contribution in [3.05, 3.63) is 55.7 Å². The third-order valence-electron chi connectivity index (χ3n) is 5.41. The molecule has 2 N–H and O–H groups in total. The van der Waals surface area contributed by atoms with Gasteiger partial charge in [-0.25, -0.2) is 0 Å². The number of hydrogen-bond donors (Lipinski definition) is 2. The zero-order valence-electron chi connectivity index (χ0n) is 16.8. The Morgan fingerprint density at radius 2 is 2.06 bits per heavy atom. The first kappa shape index (κ1) is 22.3. The quantitative estimate of drug-likeness (QED) is 0.642. The van der Waals surface area contributed by atoms with Gasteiger partial charge in [0.05, 0.1) is 16.4 Å². The minimum Gasteiger partial charge on any atom is -0.346 e. The minimum atomic E-state index is -3.82. The molecular formula is C21H18ClF2N3O4S. The summed E-state index contributed by atoms with van der Waals surface area (Å²) < 4.78 is 29.1. The van der Waals surface area contributed by atoms with Crippen LogP contribution in [-0.4, -0.2) is 34.6 Å². The van der Waals surface area contributed by atoms with E-state index in [1.54, 1.807) is 13.0 Å². The molecule has 1 unspecified atom stereocenters. The average molecular weight is 482 g/mol. The number of carbonyl (C=O) groups excluding carboxylic acids is 4. The van der Waals surface area contributed by atoms with Gasteiger partial charge in [-0.15, -0.1) is 11.3 Å². The molecule has 1 saturated heterocycles. The van der Waals surface area contributed by atoms with Gasteiger partial charge in [0.25, 0.3) is 11.8 Å². The van der Waals surface area contributed by atoms with Gasteiger partial charge in [0.1, 0.15) is 6.04 Å². The number of benzene rings is 1. The number of nitrogens with one attached hydrogen (secondary N) is 2. The van der Waals surface area contributed by atoms with Crippen LogP contribution < -0.4 is 10.6 Å². The maximum Gasteiger partial charge on any atom is 0.351 e. The number of halogens is 3. The van der Waals surface area contributed by atoms with E-state index >= 15 is 0 Å². The fraction of sp³-hybridized carbons (Fsp3) is 0.333. The first-order valence-electron chi connectivity index (χ1n) is 9.77. The second kappa shape index (κ2) is 8.25. The Labute approximate surface area is 190 Å². The van der Waals surface area contributed by atoms with Crippen LogP contribution in [0.3, 0.4) is 0 Å². The van der Waals surface area contributed by atoms with Gasteiger partial charge in [-0.05, 0) is 36.6 Å². The molecule has 0 radical (unpaired) electrons. The predicted molar refractivity (Wildman–Crippen MR) is 112 cm³/mol. The molecule has 0 aliphatic carbocycles. The lowest BCUT2D eigenvalue weighted by Gasteiger charge is -2.29. The van der Waals surface area contributed by atoms with Crippen molar-refractivity contribution < 1.29 is 28.0 Å². The number of rotatable bonds is 5. The fourth-order valence-electron chi connectivity index (χ4n) is 3.76. The molecule has 2 aliphatic heterocycles. The van der Waals surface area contributed by atoms with Gasteiger partial charge < -0.3 is 10.2 Å². The van der Waals surface area contributed by atoms with Crippen LogP contribution in [0.1, 0.15) is 44.1 Å². The standard InChI is InChI=1S/C21H18ClF2N3O4S/c1-10-2-3-13(14(22)6-10)21(23,24)20(31)25-8-12-7-11-9-27(19(30)17(11)32-12)15-4-5-16(28)26-18(15)29/h2-3,6-7,15H,4-5,8-9H2,1H3,(H,25,31)(H,26,28,29). The van der Waals surface area contributed by atoms with E-state index in [-0.39, 0.29) is 42.8 Å². The van der Waals surface area contributed by atoms with Crippen molar-refractivity contribution in [2.45, 2.75) is 44.8 Å². The maximum atomic E-state index is 14.6. The zero-order chi connectivity index (χ0) is 23.2. The lowest BCUT2D eigenvalue weighted by molar-refractivity contribution is -0.147. The van der Waals surface area contributed by atoms with Crippen molar-refractivity contribution in [1.29, 1.82) is 0 Å². The molecule has 4 amide bonds. The van der Waals surface area contributed by atoms with Gasteiger partial charge in [-0.2, -0.15) is 8.78 Å². The van der Waals surface area contributed by atoms with Gasteiger partial charge in [0, 0.05) is 23.4 Å². The molecule has 0 saturated carbocycles. The summed E-state index contributed by atoms with van der Waals surface area (Å²) in [6, 6.07) is 4.87. The number of imide groups is 1. The molecule has 0 spiro atoms. The molecule has 0 bridgehead atoms. The topological polar surface area (TPSA) is 95.6 Å². The van der Waals surface area contributed by atoms with Gasteiger partial charge in [-0.1, -0.05) is 23.7 Å². The van der Waals surface area contributed by atoms with Crippen molar-refractivity contribution in [1.82, 2.24) is 15.5 Å². The van der Waals surface area contributed by atoms with Crippen molar-refractivity contribution >= 4 is 46.6 Å². The van der Waals surface area contributed by atoms with Crippen LogP contribution in [0.25, 0.3) is 0 Å². The number of fused-ring (bicyclic) bond motifs is 1. The number of piperidine rings is 1. The number of carbonyl (C=O) groups is 4. The van der Waals surface area contributed by atoms with Gasteiger partial charge in [-0.3, -0.25) is 24.5 Å². The summed E-state index contributed by atoms with van der Waals surface area (Å²) in [6.07, 6.45) is 0.412. The monoisotopic (exact) mass is 481 g/mol. The summed E-state index contributed by atoms with van der Waals surface area (Å²) in [5.74, 6) is -6.53. The van der Waals surface area contributed by atoms with Crippen LogP contribution in [0.5, 0.6) is 0 Å². The Balaban J connectivity index is 1.41. The lowest BCUT2D eigenvalue weighted by atomic mass is 10.0. The first-order chi connectivity index (χ1) is 15.1. The fourth-order valence-corrected chi connectivity index (χ4v) is 5.18. The molecule has 2 aromatic rings. The molecule has 1 aromatic heterocycles. The Morgan fingerprint density at radius 1 is 1.31 bits per heavy atom. The third-order valence-corrected chi connectivity index (χ3v) is 6.89. The van der Waals surface area contributed by atoms with E-state index in [9.17, 15) is 28.0 Å². The summed E-state index contributed by atoms with van der Waals surface area (Å²) in [5, 5.41) is 4.24. The summed E-state index contributed by atoms with van der Waals surface area (Å²) >= 11 is 6.97. The molecule has 1 fully saturated rings. The van der Waals surface area contributed by atoms with E-state index in [0.29, 0.717) is 20.9 Å². The first-order valence-corrected chi connectivity index (χ1v) is 11.0. The van der Waals surface area contributed by atoms with Gasteiger partial charge in [0.2, 0.25) is 11.8 Å². The van der Waals surface area contributed by atoms with Crippen LogP contribution in [0.15, 0.2) is 24.3 Å². The molecule has 2 aliphatic rings. The van der Waals surface area contributed by atoms with E-state index in [4.69, 9.17) is 11.6 Å². The predicted octanol–water partition coefficient (Wildman–Crippen LogP) is 2.88. The summed E-state index contributed by atoms with van der Waals surface area (Å²) in [4.78, 5) is 50.6. The van der Waals surface area contributed by atoms with Crippen LogP contribution >= 0.6 is 22.9 Å². The van der Waals surface area contributed by atoms with Crippen molar-refractivity contribution in [2.24, 2.45) is 0 Å². The third kappa shape index (κ3) is 4.00. The molecule has 168 valence electrons. The van der Waals surface area contributed by atoms with Crippen LogP contribution in [0.2, 0.25) is 5.02 Å². The van der Waals surface area contributed by atoms with Crippen molar-refractivity contribution in [3.8, 4) is 0 Å². The highest BCUT2D eigenvalue weighted by Gasteiger charge is 2.43. The second-order valence-corrected chi connectivity index (χ2v) is 9.25. The van der Waals surface area contributed by atoms with Crippen LogP contribution in [0.4, 0.5) is 8.78 Å². The number of thiophene rings is 1. The van der Waals surface area contributed by atoms with E-state index in [0.717, 1.165) is 17.4 Å². The molecule has 32 heavy (non-hydrogen) atoms. The van der Waals surface area contributed by atoms with E-state index in [1.807, 2.05) is 0 Å². The Bertz CT molecular complexity index is 1150. The van der Waals surface area contributed by atoms with Crippen LogP contribution in [-0.2, 0) is 33.4 Å². The SMILES string of the molecule is Cc1ccc(C(F)(F)C(=O)NCc2cc3c(s2)C(=O)N(C2CCC(=O)NC2=O)C3)c(Cl)c1. The molecule has 11 heteroatoms. The summed E-state index contributed by atoms with van der Waals surface area (Å²) in [7, 11) is 0. The Hall–Kier alpha value is -2.85. The molecule has 1 aromatic carbocycles. The highest BCUT2D eigenvalue weighted by Crippen LogP contribution is 2.36. The zero-order valence-corrected chi connectivity index (χ0v) is 18.4. The highest BCUT2D eigenvalue weighted by molar-refractivity contribution is 7.14. The number of hydrogen-bond acceptors (Lipinski definition) is 5.